The number of nitrogens with one attached hydrogen (secondary N) is 2. The average Bonchev–Trinajstić information content (AvgIpc) is 4.03. The minimum absolute atomic E-state index is 0.0150. The molecule has 2 aromatic carbocycles. The molecule has 3 unspecified atom stereocenters. The van der Waals surface area contributed by atoms with Crippen LogP contribution in [0.5, 0.6) is 0 Å². The second kappa shape index (κ2) is 23.6. The lowest BCUT2D eigenvalue weighted by Gasteiger charge is -2.21. The molecule has 1 aromatic heterocycles. The number of para-hydroxylation sites is 1. The first-order valence-electron chi connectivity index (χ1n) is 16.9. The molecule has 6 rings (SSSR count). The molecule has 0 radical (unpaired) electrons. The predicted octanol–water partition coefficient (Wildman–Crippen LogP) is 5.28. The fraction of sp³-hybridized carbons (Fsp3) is 0.500. The number of thiazole rings is 1. The van der Waals surface area contributed by atoms with Crippen LogP contribution >= 0.6 is 11.3 Å². The Morgan fingerprint density at radius 2 is 1.78 bits per heavy atom. The van der Waals surface area contributed by atoms with Crippen molar-refractivity contribution in [3.8, 4) is 0 Å². The Kier molecular flexibility index (Phi) is 19.9. The molecule has 49 heavy (non-hydrogen) atoms. The van der Waals surface area contributed by atoms with E-state index >= 15 is 0 Å². The number of aromatic nitrogens is 1. The smallest absolute Gasteiger partial charge is 0.305 e. The number of fused-ring (bicyclic) bond motifs is 1. The van der Waals surface area contributed by atoms with E-state index in [1.807, 2.05) is 47.4 Å². The normalized spacial score (nSPS) is 18.8. The molecule has 2 aliphatic carbocycles. The lowest BCUT2D eigenvalue weighted by molar-refractivity contribution is -0.169. The number of amides is 3. The maximum atomic E-state index is 11.9. The third kappa shape index (κ3) is 15.5. The highest BCUT2D eigenvalue weighted by Crippen LogP contribution is 2.42. The lowest BCUT2D eigenvalue weighted by Crippen LogP contribution is -2.39. The maximum Gasteiger partial charge on any atom is 0.305 e. The molecule has 3 atom stereocenters. The van der Waals surface area contributed by atoms with Gasteiger partial charge in [-0.25, -0.2) is 5.06 Å². The largest absolute Gasteiger partial charge is 0.372 e. The third-order valence-corrected chi connectivity index (χ3v) is 9.14. The van der Waals surface area contributed by atoms with Gasteiger partial charge in [0.2, 0.25) is 18.2 Å². The Balaban J connectivity index is 0.000000245. The number of rotatable bonds is 11. The van der Waals surface area contributed by atoms with Gasteiger partial charge >= 0.3 is 4.87 Å². The summed E-state index contributed by atoms with van der Waals surface area (Å²) in [6.45, 7) is 6.45. The summed E-state index contributed by atoms with van der Waals surface area (Å²) in [6, 6.07) is 18.4. The monoisotopic (exact) mass is 713 g/mol. The van der Waals surface area contributed by atoms with Gasteiger partial charge in [-0.15, -0.1) is 0 Å². The van der Waals surface area contributed by atoms with Gasteiger partial charge in [-0.3, -0.25) is 24.4 Å². The van der Waals surface area contributed by atoms with E-state index < -0.39 is 0 Å². The van der Waals surface area contributed by atoms with Crippen LogP contribution in [0.3, 0.4) is 0 Å². The number of carbonyl (C=O) groups excluding carboxylic acids is 3. The fourth-order valence-electron chi connectivity index (χ4n) is 5.37. The quantitative estimate of drug-likeness (QED) is 0.0685. The van der Waals surface area contributed by atoms with E-state index in [1.54, 1.807) is 0 Å². The SMILES string of the molecule is CC1CCCN1C(=O)CNCc1ccccc1.CCCCC/C=C\C1CC1C(=O)N(O)C1CC1.NC=O.O=S.O=c1[nH]c2ccccc2s1. The number of H-pyrrole nitrogens is 1. The Hall–Kier alpha value is -3.78. The van der Waals surface area contributed by atoms with Crippen molar-refractivity contribution in [3.63, 3.8) is 0 Å². The summed E-state index contributed by atoms with van der Waals surface area (Å²) in [5.74, 6) is 0.613. The number of likely N-dealkylation sites (tertiary alicyclic amines) is 1. The highest BCUT2D eigenvalue weighted by molar-refractivity contribution is 7.44. The molecule has 1 aliphatic heterocycles. The van der Waals surface area contributed by atoms with Gasteiger partial charge in [0.15, 0.2) is 12.5 Å². The summed E-state index contributed by atoms with van der Waals surface area (Å²) < 4.78 is 8.85. The van der Waals surface area contributed by atoms with Crippen LogP contribution in [0.1, 0.15) is 77.2 Å². The van der Waals surface area contributed by atoms with Gasteiger partial charge in [-0.05, 0) is 75.5 Å². The number of allylic oxidation sites excluding steroid dienone is 2. The topological polar surface area (TPSA) is 166 Å². The summed E-state index contributed by atoms with van der Waals surface area (Å²) in [5, 5.41) is 13.8. The van der Waals surface area contributed by atoms with Crippen molar-refractivity contribution < 1.29 is 23.8 Å². The lowest BCUT2D eigenvalue weighted by atomic mass is 10.2. The Labute approximate surface area is 298 Å². The molecule has 2 saturated carbocycles. The summed E-state index contributed by atoms with van der Waals surface area (Å²) in [6.07, 6.45) is 14.7. The third-order valence-electron chi connectivity index (χ3n) is 8.28. The number of hydroxylamine groups is 2. The number of hydrogen-bond acceptors (Lipinski definition) is 9. The molecule has 3 fully saturated rings. The summed E-state index contributed by atoms with van der Waals surface area (Å²) in [5.41, 5.74) is 6.31. The van der Waals surface area contributed by atoms with Gasteiger partial charge in [0, 0.05) is 25.0 Å². The molecular formula is C36H51N5O6S2. The fourth-order valence-corrected chi connectivity index (χ4v) is 6.11. The first-order chi connectivity index (χ1) is 23.8. The van der Waals surface area contributed by atoms with E-state index in [2.05, 4.69) is 66.7 Å². The van der Waals surface area contributed by atoms with Gasteiger partial charge in [0.05, 0.1) is 22.8 Å². The Morgan fingerprint density at radius 3 is 2.39 bits per heavy atom. The number of nitrogens with zero attached hydrogens (tertiary/aromatic N) is 2. The van der Waals surface area contributed by atoms with Gasteiger partial charge in [0.1, 0.15) is 0 Å². The van der Waals surface area contributed by atoms with E-state index in [0.29, 0.717) is 18.5 Å². The van der Waals surface area contributed by atoms with E-state index in [9.17, 15) is 19.6 Å². The zero-order valence-corrected chi connectivity index (χ0v) is 30.1. The number of aromatic amines is 1. The average molecular weight is 714 g/mol. The van der Waals surface area contributed by atoms with Crippen molar-refractivity contribution in [2.24, 2.45) is 17.6 Å². The van der Waals surface area contributed by atoms with Crippen LogP contribution in [-0.4, -0.2) is 67.8 Å². The molecule has 11 nitrogen and oxygen atoms in total. The first-order valence-corrected chi connectivity index (χ1v) is 18.1. The number of benzene rings is 2. The van der Waals surface area contributed by atoms with E-state index in [4.69, 9.17) is 9.00 Å². The molecule has 268 valence electrons. The molecule has 3 aliphatic rings. The molecule has 1 saturated heterocycles. The second-order valence-electron chi connectivity index (χ2n) is 12.2. The zero-order chi connectivity index (χ0) is 36.0. The highest BCUT2D eigenvalue weighted by atomic mass is 32.1. The Bertz CT molecular complexity index is 1440. The zero-order valence-electron chi connectivity index (χ0n) is 28.5. The predicted molar refractivity (Wildman–Crippen MR) is 196 cm³/mol. The standard InChI is InChI=1S/C14H20N2O.C14H23NO2.C7H5NOS.CH3NO.OS/c1-12-6-5-9-16(12)14(17)11-15-10-13-7-3-2-4-8-13;1-2-3-4-5-6-7-11-10-13(11)14(16)15(17)12-8-9-12;9-7-8-5-3-1-2-4-6(5)10-7;2-1-3;1-2/h2-4,7-8,12,15H,5-6,9-11H2,1H3;6-7,11-13,17H,2-5,8-10H2,1H3;1-4H,(H,8,9);1H,(H2,2,3);/b;7-6-;;;. The number of primary amides is 1. The van der Waals surface area contributed by atoms with Gasteiger partial charge in [-0.2, -0.15) is 4.21 Å². The van der Waals surface area contributed by atoms with Crippen molar-refractivity contribution >= 4 is 52.3 Å². The highest BCUT2D eigenvalue weighted by Gasteiger charge is 2.46. The summed E-state index contributed by atoms with van der Waals surface area (Å²) in [7, 11) is 0. The van der Waals surface area contributed by atoms with Gasteiger partial charge in [0.25, 0.3) is 0 Å². The van der Waals surface area contributed by atoms with Crippen molar-refractivity contribution in [2.75, 3.05) is 13.1 Å². The van der Waals surface area contributed by atoms with Crippen LogP contribution in [0.25, 0.3) is 10.2 Å². The second-order valence-corrected chi connectivity index (χ2v) is 13.2. The van der Waals surface area contributed by atoms with Crippen LogP contribution in [0, 0.1) is 11.8 Å². The van der Waals surface area contributed by atoms with E-state index in [0.717, 1.165) is 66.9 Å². The van der Waals surface area contributed by atoms with Crippen LogP contribution < -0.4 is 15.9 Å². The van der Waals surface area contributed by atoms with Crippen LogP contribution in [0.4, 0.5) is 0 Å². The molecule has 3 aromatic rings. The molecule has 2 heterocycles. The van der Waals surface area contributed by atoms with E-state index in [1.165, 1.54) is 36.2 Å². The van der Waals surface area contributed by atoms with Crippen molar-refractivity contribution in [1.82, 2.24) is 20.3 Å². The number of hydrogen-bond donors (Lipinski definition) is 4. The summed E-state index contributed by atoms with van der Waals surface area (Å²) >= 11 is 4.07. The van der Waals surface area contributed by atoms with Gasteiger partial charge < -0.3 is 20.9 Å². The summed E-state index contributed by atoms with van der Waals surface area (Å²) in [4.78, 5) is 47.7. The van der Waals surface area contributed by atoms with Gasteiger partial charge in [-0.1, -0.05) is 85.7 Å². The Morgan fingerprint density at radius 1 is 1.10 bits per heavy atom. The van der Waals surface area contributed by atoms with Crippen molar-refractivity contribution in [1.29, 1.82) is 0 Å². The van der Waals surface area contributed by atoms with Crippen LogP contribution in [-0.2, 0) is 33.5 Å². The maximum absolute atomic E-state index is 11.9. The number of carbonyl (C=O) groups is 3. The molecule has 5 N–H and O–H groups in total. The molecule has 13 heteroatoms. The number of unbranched alkanes of at least 4 members (excludes halogenated alkanes) is 3. The molecular weight excluding hydrogens is 663 g/mol. The molecule has 0 spiro atoms. The van der Waals surface area contributed by atoms with Crippen molar-refractivity contribution in [3.05, 3.63) is 82.0 Å². The first kappa shape index (κ1) is 41.4. The minimum Gasteiger partial charge on any atom is -0.372 e. The van der Waals surface area contributed by atoms with E-state index in [-0.39, 0.29) is 35.1 Å². The molecule has 3 amide bonds. The number of nitrogens with two attached hydrogens (primary N) is 1. The minimum atomic E-state index is -0.0595. The van der Waals surface area contributed by atoms with Crippen molar-refractivity contribution in [2.45, 2.75) is 90.3 Å². The van der Waals surface area contributed by atoms with Crippen LogP contribution in [0.2, 0.25) is 0 Å². The van der Waals surface area contributed by atoms with Crippen LogP contribution in [0.15, 0.2) is 71.5 Å². The molecule has 0 bridgehead atoms.